The minimum absolute atomic E-state index is 0.177. The first-order chi connectivity index (χ1) is 8.56. The van der Waals surface area contributed by atoms with Gasteiger partial charge in [-0.05, 0) is 13.0 Å². The molecule has 0 saturated heterocycles. The third-order valence-electron chi connectivity index (χ3n) is 2.47. The van der Waals surface area contributed by atoms with E-state index in [1.165, 1.54) is 12.1 Å². The number of amides is 1. The molecule has 0 bridgehead atoms. The van der Waals surface area contributed by atoms with E-state index < -0.39 is 0 Å². The molecule has 7 heteroatoms. The lowest BCUT2D eigenvalue weighted by Gasteiger charge is -2.02. The molecule has 2 heterocycles. The molecule has 0 fully saturated rings. The number of hydrogen-bond acceptors (Lipinski definition) is 4. The third kappa shape index (κ3) is 2.62. The highest BCUT2D eigenvalue weighted by molar-refractivity contribution is 5.91. The number of aryl methyl sites for hydroxylation is 2. The number of aromatic nitrogens is 4. The summed E-state index contributed by atoms with van der Waals surface area (Å²) in [5, 5.41) is 12.7. The average Bonchev–Trinajstić information content (AvgIpc) is 2.66. The summed E-state index contributed by atoms with van der Waals surface area (Å²) in [6.07, 6.45) is 1.84. The van der Waals surface area contributed by atoms with Gasteiger partial charge in [-0.25, -0.2) is 5.10 Å². The number of hydrogen-bond donors (Lipinski definition) is 2. The molecule has 0 unspecified atom stereocenters. The van der Waals surface area contributed by atoms with Gasteiger partial charge < -0.3 is 5.32 Å². The number of aromatic amines is 1. The highest BCUT2D eigenvalue weighted by Crippen LogP contribution is 2.04. The molecule has 2 rings (SSSR count). The summed E-state index contributed by atoms with van der Waals surface area (Å²) >= 11 is 0. The van der Waals surface area contributed by atoms with E-state index >= 15 is 0 Å². The Kier molecular flexibility index (Phi) is 3.22. The highest BCUT2D eigenvalue weighted by Gasteiger charge is 2.09. The van der Waals surface area contributed by atoms with Crippen molar-refractivity contribution in [2.75, 3.05) is 0 Å². The molecule has 0 radical (unpaired) electrons. The van der Waals surface area contributed by atoms with Gasteiger partial charge in [0.05, 0.1) is 5.69 Å². The van der Waals surface area contributed by atoms with E-state index in [4.69, 9.17) is 0 Å². The molecule has 0 aliphatic heterocycles. The van der Waals surface area contributed by atoms with Crippen LogP contribution in [0.4, 0.5) is 0 Å². The van der Waals surface area contributed by atoms with Gasteiger partial charge in [-0.2, -0.15) is 10.2 Å². The lowest BCUT2D eigenvalue weighted by molar-refractivity contribution is 0.0944. The molecule has 2 aromatic rings. The molecule has 0 atom stereocenters. The van der Waals surface area contributed by atoms with Crippen LogP contribution in [0.5, 0.6) is 0 Å². The number of nitrogens with one attached hydrogen (secondary N) is 2. The van der Waals surface area contributed by atoms with Crippen LogP contribution in [0, 0.1) is 6.92 Å². The molecule has 2 aromatic heterocycles. The maximum Gasteiger partial charge on any atom is 0.271 e. The fourth-order valence-corrected chi connectivity index (χ4v) is 1.56. The minimum atomic E-state index is -0.338. The van der Waals surface area contributed by atoms with E-state index in [9.17, 15) is 9.59 Å². The van der Waals surface area contributed by atoms with Crippen LogP contribution in [-0.4, -0.2) is 25.9 Å². The van der Waals surface area contributed by atoms with E-state index in [0.29, 0.717) is 6.54 Å². The fraction of sp³-hybridized carbons (Fsp3) is 0.273. The zero-order valence-electron chi connectivity index (χ0n) is 10.1. The summed E-state index contributed by atoms with van der Waals surface area (Å²) in [6, 6.07) is 2.64. The van der Waals surface area contributed by atoms with Crippen molar-refractivity contribution < 1.29 is 4.79 Å². The first-order valence-electron chi connectivity index (χ1n) is 5.39. The van der Waals surface area contributed by atoms with Crippen molar-refractivity contribution in [1.82, 2.24) is 25.3 Å². The SMILES string of the molecule is Cc1nn(C)cc1CNC(=O)c1ccc(=O)[nH]n1. The number of H-pyrrole nitrogens is 1. The largest absolute Gasteiger partial charge is 0.346 e. The Morgan fingerprint density at radius 3 is 2.83 bits per heavy atom. The monoisotopic (exact) mass is 247 g/mol. The van der Waals surface area contributed by atoms with Crippen molar-refractivity contribution >= 4 is 5.91 Å². The Labute approximate surface area is 103 Å². The zero-order chi connectivity index (χ0) is 13.1. The Balaban J connectivity index is 2.02. The lowest BCUT2D eigenvalue weighted by Crippen LogP contribution is -2.25. The van der Waals surface area contributed by atoms with Gasteiger partial charge in [0.2, 0.25) is 0 Å². The van der Waals surface area contributed by atoms with E-state index in [1.54, 1.807) is 4.68 Å². The topological polar surface area (TPSA) is 92.7 Å². The van der Waals surface area contributed by atoms with Crippen LogP contribution in [0.15, 0.2) is 23.1 Å². The fourth-order valence-electron chi connectivity index (χ4n) is 1.56. The van der Waals surface area contributed by atoms with E-state index in [0.717, 1.165) is 11.3 Å². The molecular weight excluding hydrogens is 234 g/mol. The number of carbonyl (C=O) groups is 1. The Hall–Kier alpha value is -2.44. The van der Waals surface area contributed by atoms with Crippen LogP contribution in [0.2, 0.25) is 0 Å². The van der Waals surface area contributed by atoms with Gasteiger partial charge in [0.25, 0.3) is 11.5 Å². The predicted molar refractivity (Wildman–Crippen MR) is 64.0 cm³/mol. The zero-order valence-corrected chi connectivity index (χ0v) is 10.1. The second kappa shape index (κ2) is 4.82. The van der Waals surface area contributed by atoms with Crippen LogP contribution in [0.25, 0.3) is 0 Å². The van der Waals surface area contributed by atoms with Crippen molar-refractivity contribution in [2.45, 2.75) is 13.5 Å². The van der Waals surface area contributed by atoms with Crippen LogP contribution < -0.4 is 10.9 Å². The van der Waals surface area contributed by atoms with Crippen molar-refractivity contribution in [2.24, 2.45) is 7.05 Å². The maximum absolute atomic E-state index is 11.7. The van der Waals surface area contributed by atoms with Gasteiger partial charge >= 0.3 is 0 Å². The summed E-state index contributed by atoms with van der Waals surface area (Å²) in [5.41, 5.74) is 1.65. The molecule has 0 aliphatic carbocycles. The van der Waals surface area contributed by atoms with Crippen LogP contribution in [-0.2, 0) is 13.6 Å². The number of rotatable bonds is 3. The van der Waals surface area contributed by atoms with Crippen molar-refractivity contribution in [1.29, 1.82) is 0 Å². The number of nitrogens with zero attached hydrogens (tertiary/aromatic N) is 3. The molecule has 2 N–H and O–H groups in total. The first kappa shape index (κ1) is 12.0. The van der Waals surface area contributed by atoms with Gasteiger partial charge in [0.15, 0.2) is 0 Å². The lowest BCUT2D eigenvalue weighted by atomic mass is 10.2. The van der Waals surface area contributed by atoms with Gasteiger partial charge in [-0.3, -0.25) is 14.3 Å². The highest BCUT2D eigenvalue weighted by atomic mass is 16.2. The van der Waals surface area contributed by atoms with Crippen LogP contribution >= 0.6 is 0 Å². The van der Waals surface area contributed by atoms with Crippen LogP contribution in [0.3, 0.4) is 0 Å². The van der Waals surface area contributed by atoms with Gasteiger partial charge in [0, 0.05) is 31.4 Å². The molecule has 0 spiro atoms. The van der Waals surface area contributed by atoms with Crippen molar-refractivity contribution in [3.05, 3.63) is 45.6 Å². The van der Waals surface area contributed by atoms with E-state index in [1.807, 2.05) is 20.2 Å². The molecule has 0 aromatic carbocycles. The van der Waals surface area contributed by atoms with Crippen LogP contribution in [0.1, 0.15) is 21.7 Å². The molecule has 0 aliphatic rings. The Morgan fingerprint density at radius 1 is 1.50 bits per heavy atom. The van der Waals surface area contributed by atoms with Gasteiger partial charge in [0.1, 0.15) is 5.69 Å². The summed E-state index contributed by atoms with van der Waals surface area (Å²) in [7, 11) is 1.82. The number of carbonyl (C=O) groups excluding carboxylic acids is 1. The second-order valence-corrected chi connectivity index (χ2v) is 3.90. The van der Waals surface area contributed by atoms with E-state index in [2.05, 4.69) is 20.6 Å². The summed E-state index contributed by atoms with van der Waals surface area (Å²) < 4.78 is 1.69. The quantitative estimate of drug-likeness (QED) is 0.781. The maximum atomic E-state index is 11.7. The van der Waals surface area contributed by atoms with Crippen molar-refractivity contribution in [3.8, 4) is 0 Å². The second-order valence-electron chi connectivity index (χ2n) is 3.90. The molecular formula is C11H13N5O2. The molecule has 1 amide bonds. The molecule has 0 saturated carbocycles. The Bertz CT molecular complexity index is 608. The molecule has 18 heavy (non-hydrogen) atoms. The summed E-state index contributed by atoms with van der Waals surface area (Å²) in [4.78, 5) is 22.5. The normalized spacial score (nSPS) is 10.3. The summed E-state index contributed by atoms with van der Waals surface area (Å²) in [5.74, 6) is -0.338. The summed E-state index contributed by atoms with van der Waals surface area (Å²) in [6.45, 7) is 2.25. The standard InChI is InChI=1S/C11H13N5O2/c1-7-8(6-16(2)15-7)5-12-11(18)9-3-4-10(17)14-13-9/h3-4,6H,5H2,1-2H3,(H,12,18)(H,14,17). The first-order valence-corrected chi connectivity index (χ1v) is 5.39. The predicted octanol–water partition coefficient (Wildman–Crippen LogP) is -0.258. The minimum Gasteiger partial charge on any atom is -0.346 e. The third-order valence-corrected chi connectivity index (χ3v) is 2.47. The average molecular weight is 247 g/mol. The smallest absolute Gasteiger partial charge is 0.271 e. The van der Waals surface area contributed by atoms with E-state index in [-0.39, 0.29) is 17.2 Å². The van der Waals surface area contributed by atoms with Crippen molar-refractivity contribution in [3.63, 3.8) is 0 Å². The Morgan fingerprint density at radius 2 is 2.28 bits per heavy atom. The molecule has 94 valence electrons. The molecule has 7 nitrogen and oxygen atoms in total. The van der Waals surface area contributed by atoms with Gasteiger partial charge in [-0.1, -0.05) is 0 Å². The van der Waals surface area contributed by atoms with Gasteiger partial charge in [-0.15, -0.1) is 0 Å².